The summed E-state index contributed by atoms with van der Waals surface area (Å²) in [6.07, 6.45) is 46.7. The number of benzene rings is 1. The normalized spacial score (nSPS) is 11.9. The third-order valence-corrected chi connectivity index (χ3v) is 11.8. The highest BCUT2D eigenvalue weighted by molar-refractivity contribution is 7.85. The first kappa shape index (κ1) is 50.1. The summed E-state index contributed by atoms with van der Waals surface area (Å²) in [5.41, 5.74) is 0. The van der Waals surface area contributed by atoms with Crippen LogP contribution in [0.5, 0.6) is 0 Å². The molecule has 0 aromatic heterocycles. The van der Waals surface area contributed by atoms with Crippen LogP contribution in [0.2, 0.25) is 0 Å². The van der Waals surface area contributed by atoms with E-state index < -0.39 is 10.1 Å². The van der Waals surface area contributed by atoms with Crippen LogP contribution in [0, 0.1) is 0 Å². The predicted molar refractivity (Wildman–Crippen MR) is 225 cm³/mol. The predicted octanol–water partition coefficient (Wildman–Crippen LogP) is 15.0. The van der Waals surface area contributed by atoms with Crippen molar-refractivity contribution in [3.8, 4) is 0 Å². The average Bonchev–Trinajstić information content (AvgIpc) is 3.13. The lowest BCUT2D eigenvalue weighted by molar-refractivity contribution is -0.929. The first-order valence-electron chi connectivity index (χ1n) is 22.7. The lowest BCUT2D eigenvalue weighted by atomic mass is 10.0. The summed E-state index contributed by atoms with van der Waals surface area (Å²) in [5.74, 6) is 0. The topological polar surface area (TPSA) is 57.2 Å². The van der Waals surface area contributed by atoms with Gasteiger partial charge in [-0.3, -0.25) is 0 Å². The molecular formula is C46H89NO3S. The standard InChI is InChI=1S/C40H84N.C6H6O3S/c1-5-9-13-17-21-25-29-33-37-41(38-34-30-26-22-18-14-10-6-2,39-35-31-27-23-19-15-11-7-3)40-36-32-28-24-20-16-12-8-4;7-10(8,9)6-4-2-1-3-5-6/h5-40H2,1-4H3;1-5H,(H,7,8,9)/q+1;/p-1. The van der Waals surface area contributed by atoms with Gasteiger partial charge in [-0.1, -0.05) is 200 Å². The molecule has 0 radical (unpaired) electrons. The molecule has 5 heteroatoms. The first-order valence-corrected chi connectivity index (χ1v) is 24.1. The van der Waals surface area contributed by atoms with Gasteiger partial charge in [-0.2, -0.15) is 0 Å². The highest BCUT2D eigenvalue weighted by Gasteiger charge is 2.25. The second-order valence-electron chi connectivity index (χ2n) is 15.9. The third-order valence-electron chi connectivity index (χ3n) is 11.0. The monoisotopic (exact) mass is 736 g/mol. The van der Waals surface area contributed by atoms with Crippen LogP contribution < -0.4 is 0 Å². The van der Waals surface area contributed by atoms with E-state index in [9.17, 15) is 13.0 Å². The molecule has 0 saturated heterocycles. The van der Waals surface area contributed by atoms with Crippen molar-refractivity contribution in [2.45, 2.75) is 238 Å². The molecule has 51 heavy (non-hydrogen) atoms. The van der Waals surface area contributed by atoms with E-state index in [0.29, 0.717) is 0 Å². The minimum atomic E-state index is -4.25. The molecule has 0 amide bonds. The summed E-state index contributed by atoms with van der Waals surface area (Å²) in [7, 11) is -4.25. The number of hydrogen-bond acceptors (Lipinski definition) is 3. The Morgan fingerprint density at radius 1 is 0.373 bits per heavy atom. The van der Waals surface area contributed by atoms with E-state index >= 15 is 0 Å². The highest BCUT2D eigenvalue weighted by atomic mass is 32.2. The largest absolute Gasteiger partial charge is 0.744 e. The van der Waals surface area contributed by atoms with Gasteiger partial charge >= 0.3 is 0 Å². The Kier molecular flexibility index (Phi) is 36.7. The van der Waals surface area contributed by atoms with Crippen LogP contribution in [0.1, 0.15) is 233 Å². The Labute approximate surface area is 321 Å². The Hall–Kier alpha value is -0.910. The van der Waals surface area contributed by atoms with Gasteiger partial charge in [0.15, 0.2) is 0 Å². The van der Waals surface area contributed by atoms with Crippen molar-refractivity contribution in [2.75, 3.05) is 26.2 Å². The maximum Gasteiger partial charge on any atom is 0.124 e. The van der Waals surface area contributed by atoms with E-state index in [1.54, 1.807) is 6.07 Å². The molecule has 1 aromatic rings. The number of rotatable bonds is 37. The average molecular weight is 736 g/mol. The SMILES string of the molecule is CCCCCCCCCC[N+](CCCCCCCCCC)(CCCCCCCCCC)CCCCCCCCCC.O=S(=O)([O-])c1ccccc1. The summed E-state index contributed by atoms with van der Waals surface area (Å²) in [5, 5.41) is 0. The van der Waals surface area contributed by atoms with E-state index in [0.717, 1.165) is 0 Å². The fourth-order valence-corrected chi connectivity index (χ4v) is 8.07. The van der Waals surface area contributed by atoms with Gasteiger partial charge in [-0.05, 0) is 63.5 Å². The van der Waals surface area contributed by atoms with E-state index in [4.69, 9.17) is 0 Å². The fraction of sp³-hybridized carbons (Fsp3) is 0.870. The maximum atomic E-state index is 10.3. The van der Waals surface area contributed by atoms with Crippen molar-refractivity contribution in [1.82, 2.24) is 0 Å². The van der Waals surface area contributed by atoms with E-state index in [2.05, 4.69) is 27.7 Å². The van der Waals surface area contributed by atoms with E-state index in [-0.39, 0.29) is 4.90 Å². The number of unbranched alkanes of at least 4 members (excludes halogenated alkanes) is 28. The molecule has 0 N–H and O–H groups in total. The van der Waals surface area contributed by atoms with Crippen molar-refractivity contribution >= 4 is 10.1 Å². The van der Waals surface area contributed by atoms with Crippen LogP contribution in [0.3, 0.4) is 0 Å². The van der Waals surface area contributed by atoms with Crippen LogP contribution in [0.4, 0.5) is 0 Å². The molecule has 0 aliphatic carbocycles. The Bertz CT molecular complexity index is 834. The van der Waals surface area contributed by atoms with E-state index in [1.807, 2.05) is 0 Å². The molecule has 0 saturated carbocycles. The van der Waals surface area contributed by atoms with Crippen LogP contribution in [-0.4, -0.2) is 43.6 Å². The fourth-order valence-electron chi connectivity index (χ4n) is 7.58. The summed E-state index contributed by atoms with van der Waals surface area (Å²) >= 11 is 0. The number of hydrogen-bond donors (Lipinski definition) is 0. The van der Waals surface area contributed by atoms with Crippen LogP contribution in [0.25, 0.3) is 0 Å². The number of quaternary nitrogens is 1. The molecule has 4 nitrogen and oxygen atoms in total. The van der Waals surface area contributed by atoms with Gasteiger partial charge in [0.25, 0.3) is 0 Å². The third kappa shape index (κ3) is 33.4. The summed E-state index contributed by atoms with van der Waals surface area (Å²) in [6.45, 7) is 15.3. The van der Waals surface area contributed by atoms with Gasteiger partial charge in [0.05, 0.1) is 31.1 Å². The molecule has 0 atom stereocenters. The molecule has 1 aromatic carbocycles. The molecule has 0 bridgehead atoms. The summed E-state index contributed by atoms with van der Waals surface area (Å²) in [6, 6.07) is 7.19. The molecule has 0 aliphatic rings. The van der Waals surface area contributed by atoms with Crippen molar-refractivity contribution < 1.29 is 17.5 Å². The first-order chi connectivity index (χ1) is 24.8. The molecule has 0 aliphatic heterocycles. The van der Waals surface area contributed by atoms with Gasteiger partial charge in [-0.15, -0.1) is 0 Å². The molecule has 0 spiro atoms. The maximum absolute atomic E-state index is 10.3. The second-order valence-corrected chi connectivity index (χ2v) is 17.3. The Balaban J connectivity index is 0.00000212. The van der Waals surface area contributed by atoms with Gasteiger partial charge < -0.3 is 9.04 Å². The molecular weight excluding hydrogens is 647 g/mol. The summed E-state index contributed by atoms with van der Waals surface area (Å²) in [4.78, 5) is -0.185. The van der Waals surface area contributed by atoms with Gasteiger partial charge in [0, 0.05) is 0 Å². The van der Waals surface area contributed by atoms with Crippen molar-refractivity contribution in [1.29, 1.82) is 0 Å². The minimum Gasteiger partial charge on any atom is -0.744 e. The minimum absolute atomic E-state index is 0.185. The zero-order chi connectivity index (χ0) is 37.6. The van der Waals surface area contributed by atoms with E-state index in [1.165, 1.54) is 260 Å². The lowest BCUT2D eigenvalue weighted by Gasteiger charge is -2.40. The Morgan fingerprint density at radius 3 is 0.784 bits per heavy atom. The van der Waals surface area contributed by atoms with Gasteiger partial charge in [0.1, 0.15) is 10.1 Å². The molecule has 1 rings (SSSR count). The van der Waals surface area contributed by atoms with Crippen molar-refractivity contribution in [3.05, 3.63) is 30.3 Å². The van der Waals surface area contributed by atoms with Crippen molar-refractivity contribution in [2.24, 2.45) is 0 Å². The Morgan fingerprint density at radius 2 is 0.588 bits per heavy atom. The van der Waals surface area contributed by atoms with Crippen LogP contribution in [-0.2, 0) is 10.1 Å². The molecule has 0 unspecified atom stereocenters. The van der Waals surface area contributed by atoms with Crippen molar-refractivity contribution in [3.63, 3.8) is 0 Å². The zero-order valence-corrected chi connectivity index (χ0v) is 35.7. The molecule has 302 valence electrons. The molecule has 0 fully saturated rings. The van der Waals surface area contributed by atoms with Crippen LogP contribution >= 0.6 is 0 Å². The molecule has 0 heterocycles. The second kappa shape index (κ2) is 37.4. The highest BCUT2D eigenvalue weighted by Crippen LogP contribution is 2.21. The summed E-state index contributed by atoms with van der Waals surface area (Å²) < 4.78 is 32.3. The lowest BCUT2D eigenvalue weighted by Crippen LogP contribution is -2.50. The quantitative estimate of drug-likeness (QED) is 0.0388. The zero-order valence-electron chi connectivity index (χ0n) is 34.9. The van der Waals surface area contributed by atoms with Crippen LogP contribution in [0.15, 0.2) is 35.2 Å². The smallest absolute Gasteiger partial charge is 0.124 e. The number of nitrogens with zero attached hydrogens (tertiary/aromatic N) is 1. The van der Waals surface area contributed by atoms with Gasteiger partial charge in [-0.25, -0.2) is 8.42 Å². The van der Waals surface area contributed by atoms with Gasteiger partial charge in [0.2, 0.25) is 0 Å².